The second-order valence-electron chi connectivity index (χ2n) is 5.00. The SMILES string of the molecule is COc1cc(/C=C(\Cl)c2nc3cc(Cl)ccc3c(=O)[nH]2)ccc1O. The van der Waals surface area contributed by atoms with Crippen LogP contribution in [0.4, 0.5) is 0 Å². The summed E-state index contributed by atoms with van der Waals surface area (Å²) in [6.45, 7) is 0. The predicted octanol–water partition coefficient (Wildman–Crippen LogP) is 4.03. The van der Waals surface area contributed by atoms with E-state index < -0.39 is 0 Å². The average molecular weight is 363 g/mol. The molecular weight excluding hydrogens is 351 g/mol. The number of aromatic amines is 1. The molecule has 0 amide bonds. The van der Waals surface area contributed by atoms with E-state index in [0.29, 0.717) is 27.2 Å². The van der Waals surface area contributed by atoms with Crippen LogP contribution in [0, 0.1) is 0 Å². The lowest BCUT2D eigenvalue weighted by Gasteiger charge is -2.05. The van der Waals surface area contributed by atoms with Crippen molar-refractivity contribution in [3.8, 4) is 11.5 Å². The molecule has 3 aromatic rings. The number of hydrogen-bond acceptors (Lipinski definition) is 4. The topological polar surface area (TPSA) is 75.2 Å². The van der Waals surface area contributed by atoms with Gasteiger partial charge in [0, 0.05) is 5.02 Å². The van der Waals surface area contributed by atoms with Gasteiger partial charge in [-0.25, -0.2) is 4.98 Å². The molecule has 1 aromatic heterocycles. The number of methoxy groups -OCH3 is 1. The minimum atomic E-state index is -0.304. The molecule has 0 saturated carbocycles. The molecule has 7 heteroatoms. The number of aromatic hydroxyl groups is 1. The van der Waals surface area contributed by atoms with Crippen LogP contribution in [0.1, 0.15) is 11.4 Å². The third-order valence-corrected chi connectivity index (χ3v) is 3.92. The van der Waals surface area contributed by atoms with Crippen molar-refractivity contribution in [3.05, 3.63) is 63.2 Å². The number of nitrogens with one attached hydrogen (secondary N) is 1. The van der Waals surface area contributed by atoms with E-state index in [1.54, 1.807) is 36.4 Å². The van der Waals surface area contributed by atoms with Gasteiger partial charge in [0.1, 0.15) is 0 Å². The van der Waals surface area contributed by atoms with Gasteiger partial charge in [0.2, 0.25) is 0 Å². The van der Waals surface area contributed by atoms with Crippen molar-refractivity contribution in [1.29, 1.82) is 0 Å². The van der Waals surface area contributed by atoms with E-state index in [1.165, 1.54) is 13.2 Å². The number of benzene rings is 2. The first-order valence-electron chi connectivity index (χ1n) is 6.92. The smallest absolute Gasteiger partial charge is 0.259 e. The van der Waals surface area contributed by atoms with Gasteiger partial charge in [-0.05, 0) is 42.0 Å². The van der Waals surface area contributed by atoms with Crippen molar-refractivity contribution in [2.24, 2.45) is 0 Å². The Morgan fingerprint density at radius 1 is 1.29 bits per heavy atom. The minimum Gasteiger partial charge on any atom is -0.504 e. The fourth-order valence-corrected chi connectivity index (χ4v) is 2.61. The zero-order valence-corrected chi connectivity index (χ0v) is 14.0. The molecule has 0 spiro atoms. The van der Waals surface area contributed by atoms with Crippen LogP contribution in [-0.4, -0.2) is 22.2 Å². The third-order valence-electron chi connectivity index (χ3n) is 3.39. The lowest BCUT2D eigenvalue weighted by Crippen LogP contribution is -2.10. The van der Waals surface area contributed by atoms with Crippen LogP contribution in [0.15, 0.2) is 41.2 Å². The van der Waals surface area contributed by atoms with Crippen LogP contribution in [-0.2, 0) is 0 Å². The van der Waals surface area contributed by atoms with Gasteiger partial charge in [0.05, 0.1) is 23.0 Å². The maximum Gasteiger partial charge on any atom is 0.259 e. The molecule has 0 bridgehead atoms. The zero-order chi connectivity index (χ0) is 17.3. The molecule has 122 valence electrons. The average Bonchev–Trinajstić information content (AvgIpc) is 2.56. The Bertz CT molecular complexity index is 1010. The van der Waals surface area contributed by atoms with E-state index >= 15 is 0 Å². The van der Waals surface area contributed by atoms with Crippen molar-refractivity contribution in [2.75, 3.05) is 7.11 Å². The highest BCUT2D eigenvalue weighted by atomic mass is 35.5. The Morgan fingerprint density at radius 3 is 2.83 bits per heavy atom. The van der Waals surface area contributed by atoms with Crippen LogP contribution in [0.5, 0.6) is 11.5 Å². The predicted molar refractivity (Wildman–Crippen MR) is 95.8 cm³/mol. The molecule has 0 fully saturated rings. The first-order chi connectivity index (χ1) is 11.5. The number of aromatic nitrogens is 2. The third kappa shape index (κ3) is 3.22. The van der Waals surface area contributed by atoms with Crippen LogP contribution in [0.25, 0.3) is 22.0 Å². The molecule has 3 rings (SSSR count). The molecule has 0 aliphatic heterocycles. The highest BCUT2D eigenvalue weighted by molar-refractivity contribution is 6.50. The van der Waals surface area contributed by atoms with Crippen molar-refractivity contribution in [3.63, 3.8) is 0 Å². The van der Waals surface area contributed by atoms with Gasteiger partial charge >= 0.3 is 0 Å². The fourth-order valence-electron chi connectivity index (χ4n) is 2.22. The Morgan fingerprint density at radius 2 is 2.08 bits per heavy atom. The van der Waals surface area contributed by atoms with Crippen LogP contribution < -0.4 is 10.3 Å². The van der Waals surface area contributed by atoms with Crippen molar-refractivity contribution in [1.82, 2.24) is 9.97 Å². The van der Waals surface area contributed by atoms with Gasteiger partial charge in [-0.1, -0.05) is 29.3 Å². The van der Waals surface area contributed by atoms with E-state index in [1.807, 2.05) is 0 Å². The van der Waals surface area contributed by atoms with Crippen molar-refractivity contribution < 1.29 is 9.84 Å². The summed E-state index contributed by atoms with van der Waals surface area (Å²) in [4.78, 5) is 19.1. The summed E-state index contributed by atoms with van der Waals surface area (Å²) in [6.07, 6.45) is 1.61. The molecule has 0 aliphatic carbocycles. The molecule has 0 unspecified atom stereocenters. The number of hydrogen-bond donors (Lipinski definition) is 2. The van der Waals surface area contributed by atoms with Gasteiger partial charge in [-0.3, -0.25) is 4.79 Å². The molecule has 0 atom stereocenters. The quantitative estimate of drug-likeness (QED) is 0.737. The van der Waals surface area contributed by atoms with Crippen molar-refractivity contribution >= 4 is 45.2 Å². The Hall–Kier alpha value is -2.50. The Labute approximate surface area is 147 Å². The van der Waals surface area contributed by atoms with Crippen LogP contribution >= 0.6 is 23.2 Å². The van der Waals surface area contributed by atoms with Gasteiger partial charge in [-0.15, -0.1) is 0 Å². The van der Waals surface area contributed by atoms with Gasteiger partial charge in [0.25, 0.3) is 5.56 Å². The molecule has 5 nitrogen and oxygen atoms in total. The number of phenolic OH excluding ortho intramolecular Hbond substituents is 1. The molecule has 0 radical (unpaired) electrons. The summed E-state index contributed by atoms with van der Waals surface area (Å²) < 4.78 is 5.05. The van der Waals surface area contributed by atoms with Gasteiger partial charge in [0.15, 0.2) is 17.3 Å². The summed E-state index contributed by atoms with van der Waals surface area (Å²) in [6, 6.07) is 9.61. The number of phenols is 1. The van der Waals surface area contributed by atoms with E-state index in [2.05, 4.69) is 9.97 Å². The zero-order valence-electron chi connectivity index (χ0n) is 12.5. The van der Waals surface area contributed by atoms with Crippen molar-refractivity contribution in [2.45, 2.75) is 0 Å². The summed E-state index contributed by atoms with van der Waals surface area (Å²) in [5.41, 5.74) is 0.834. The highest BCUT2D eigenvalue weighted by Gasteiger charge is 2.08. The normalized spacial score (nSPS) is 11.7. The standard InChI is InChI=1S/C17H12Cl2N2O3/c1-24-15-7-9(2-5-14(15)22)6-12(19)16-20-13-8-10(18)3-4-11(13)17(23)21-16/h2-8,22H,1H3,(H,20,21,23)/b12-6-. The lowest BCUT2D eigenvalue weighted by molar-refractivity contribution is 0.373. The van der Waals surface area contributed by atoms with E-state index in [4.69, 9.17) is 27.9 Å². The first kappa shape index (κ1) is 16.4. The number of fused-ring (bicyclic) bond motifs is 1. The minimum absolute atomic E-state index is 0.0256. The molecule has 0 aliphatic rings. The number of nitrogens with zero attached hydrogens (tertiary/aromatic N) is 1. The maximum atomic E-state index is 12.1. The van der Waals surface area contributed by atoms with Gasteiger partial charge in [-0.2, -0.15) is 0 Å². The Balaban J connectivity index is 2.07. The van der Waals surface area contributed by atoms with E-state index in [-0.39, 0.29) is 22.2 Å². The largest absolute Gasteiger partial charge is 0.504 e. The summed E-state index contributed by atoms with van der Waals surface area (Å²) in [5, 5.41) is 10.8. The summed E-state index contributed by atoms with van der Waals surface area (Å²) in [5.74, 6) is 0.570. The monoisotopic (exact) mass is 362 g/mol. The number of rotatable bonds is 3. The first-order valence-corrected chi connectivity index (χ1v) is 7.67. The molecule has 2 N–H and O–H groups in total. The summed E-state index contributed by atoms with van der Waals surface area (Å²) in [7, 11) is 1.45. The molecule has 1 heterocycles. The van der Waals surface area contributed by atoms with E-state index in [0.717, 1.165) is 0 Å². The second-order valence-corrected chi connectivity index (χ2v) is 5.84. The van der Waals surface area contributed by atoms with Crippen LogP contribution in [0.2, 0.25) is 5.02 Å². The van der Waals surface area contributed by atoms with Gasteiger partial charge < -0.3 is 14.8 Å². The fraction of sp³-hybridized carbons (Fsp3) is 0.0588. The van der Waals surface area contributed by atoms with E-state index in [9.17, 15) is 9.90 Å². The Kier molecular flexibility index (Phi) is 4.46. The number of H-pyrrole nitrogens is 1. The summed E-state index contributed by atoms with van der Waals surface area (Å²) >= 11 is 12.2. The molecular formula is C17H12Cl2N2O3. The maximum absolute atomic E-state index is 12.1. The molecule has 2 aromatic carbocycles. The van der Waals surface area contributed by atoms with Crippen LogP contribution in [0.3, 0.4) is 0 Å². The highest BCUT2D eigenvalue weighted by Crippen LogP contribution is 2.29. The molecule has 0 saturated heterocycles. The number of ether oxygens (including phenoxy) is 1. The number of halogens is 2. The second kappa shape index (κ2) is 6.55. The molecule has 24 heavy (non-hydrogen) atoms. The lowest BCUT2D eigenvalue weighted by atomic mass is 10.2.